The molecule has 0 saturated heterocycles. The van der Waals surface area contributed by atoms with E-state index in [1.165, 1.54) is 14.2 Å². The molecule has 0 aromatic heterocycles. The Bertz CT molecular complexity index is 934. The molecule has 32 heavy (non-hydrogen) atoms. The lowest BCUT2D eigenvalue weighted by Gasteiger charge is -2.12. The van der Waals surface area contributed by atoms with Crippen LogP contribution in [0.1, 0.15) is 38.8 Å². The van der Waals surface area contributed by atoms with E-state index in [2.05, 4.69) is 20.9 Å². The number of aliphatic imine (C=N–C) groups is 1. The van der Waals surface area contributed by atoms with Crippen LogP contribution in [0.4, 0.5) is 0 Å². The Labute approximate surface area is 206 Å². The third-order valence-corrected chi connectivity index (χ3v) is 4.56. The van der Waals surface area contributed by atoms with Crippen LogP contribution >= 0.6 is 24.0 Å². The van der Waals surface area contributed by atoms with Gasteiger partial charge >= 0.3 is 5.97 Å². The fraction of sp³-hybridized carbons (Fsp3) is 0.348. The summed E-state index contributed by atoms with van der Waals surface area (Å²) in [5, 5.41) is 9.14. The Morgan fingerprint density at radius 3 is 2.47 bits per heavy atom. The van der Waals surface area contributed by atoms with Gasteiger partial charge in [-0.2, -0.15) is 0 Å². The summed E-state index contributed by atoms with van der Waals surface area (Å²) in [5.74, 6) is 0.575. The summed E-state index contributed by atoms with van der Waals surface area (Å²) in [6, 6.07) is 12.9. The molecule has 0 aliphatic carbocycles. The number of esters is 1. The number of methoxy groups -OCH3 is 2. The number of hydrogen-bond acceptors (Lipinski definition) is 5. The second-order valence-electron chi connectivity index (χ2n) is 6.68. The molecule has 174 valence electrons. The van der Waals surface area contributed by atoms with Crippen LogP contribution in [0.2, 0.25) is 0 Å². The summed E-state index contributed by atoms with van der Waals surface area (Å²) in [7, 11) is 4.47. The van der Waals surface area contributed by atoms with Gasteiger partial charge in [0.2, 0.25) is 0 Å². The number of benzene rings is 2. The number of rotatable bonds is 9. The molecule has 8 nitrogen and oxygen atoms in total. The van der Waals surface area contributed by atoms with Crippen LogP contribution in [0, 0.1) is 0 Å². The van der Waals surface area contributed by atoms with E-state index in [9.17, 15) is 9.59 Å². The topological polar surface area (TPSA) is 101 Å². The average Bonchev–Trinajstić information content (AvgIpc) is 2.81. The molecule has 0 bridgehead atoms. The van der Waals surface area contributed by atoms with E-state index in [4.69, 9.17) is 9.47 Å². The molecule has 0 aliphatic heterocycles. The van der Waals surface area contributed by atoms with Gasteiger partial charge in [-0.25, -0.2) is 9.79 Å². The van der Waals surface area contributed by atoms with Gasteiger partial charge in [0.1, 0.15) is 11.3 Å². The van der Waals surface area contributed by atoms with Crippen molar-refractivity contribution < 1.29 is 19.1 Å². The quantitative estimate of drug-likeness (QED) is 0.191. The molecule has 0 spiro atoms. The van der Waals surface area contributed by atoms with Gasteiger partial charge in [-0.05, 0) is 48.7 Å². The molecule has 2 aromatic carbocycles. The lowest BCUT2D eigenvalue weighted by molar-refractivity contribution is 0.0596. The Balaban J connectivity index is 0.00000512. The third kappa shape index (κ3) is 8.03. The van der Waals surface area contributed by atoms with E-state index in [-0.39, 0.29) is 29.9 Å². The maximum absolute atomic E-state index is 12.0. The lowest BCUT2D eigenvalue weighted by Crippen LogP contribution is -2.38. The van der Waals surface area contributed by atoms with Crippen LogP contribution in [0.5, 0.6) is 5.75 Å². The average molecular weight is 554 g/mol. The zero-order valence-electron chi connectivity index (χ0n) is 18.9. The van der Waals surface area contributed by atoms with Gasteiger partial charge in [-0.15, -0.1) is 24.0 Å². The highest BCUT2D eigenvalue weighted by molar-refractivity contribution is 14.0. The predicted molar refractivity (Wildman–Crippen MR) is 136 cm³/mol. The molecule has 3 N–H and O–H groups in total. The van der Waals surface area contributed by atoms with Gasteiger partial charge < -0.3 is 25.4 Å². The standard InChI is InChI=1S/C23H30N4O4.HI/c1-5-25-23(26-12-11-16-7-6-8-18(13-16)21(28)24-2)27-15-17-9-10-20(30-3)19(14-17)22(29)31-4;/h6-10,13-14H,5,11-12,15H2,1-4H3,(H,24,28)(H2,25,26,27);1H. The van der Waals surface area contributed by atoms with Gasteiger partial charge in [-0.3, -0.25) is 4.79 Å². The highest BCUT2D eigenvalue weighted by atomic mass is 127. The number of carbonyl (C=O) groups excluding carboxylic acids is 2. The summed E-state index contributed by atoms with van der Waals surface area (Å²) < 4.78 is 10.0. The van der Waals surface area contributed by atoms with Crippen molar-refractivity contribution in [2.24, 2.45) is 4.99 Å². The first-order chi connectivity index (χ1) is 15.0. The summed E-state index contributed by atoms with van der Waals surface area (Å²) in [5.41, 5.74) is 2.92. The van der Waals surface area contributed by atoms with E-state index in [1.807, 2.05) is 31.2 Å². The smallest absolute Gasteiger partial charge is 0.341 e. The summed E-state index contributed by atoms with van der Waals surface area (Å²) in [6.07, 6.45) is 0.740. The van der Waals surface area contributed by atoms with Gasteiger partial charge in [0.15, 0.2) is 5.96 Å². The first-order valence-electron chi connectivity index (χ1n) is 10.1. The fourth-order valence-electron chi connectivity index (χ4n) is 2.97. The minimum absolute atomic E-state index is 0. The molecule has 0 saturated carbocycles. The maximum atomic E-state index is 12.0. The first-order valence-corrected chi connectivity index (χ1v) is 10.1. The summed E-state index contributed by atoms with van der Waals surface area (Å²) in [6.45, 7) is 3.75. The summed E-state index contributed by atoms with van der Waals surface area (Å²) in [4.78, 5) is 28.3. The Hall–Kier alpha value is -2.82. The number of ether oxygens (including phenoxy) is 2. The van der Waals surface area contributed by atoms with Gasteiger partial charge in [0.05, 0.1) is 20.8 Å². The third-order valence-electron chi connectivity index (χ3n) is 4.56. The molecule has 0 unspecified atom stereocenters. The molecule has 0 atom stereocenters. The van der Waals surface area contributed by atoms with Crippen molar-refractivity contribution in [3.63, 3.8) is 0 Å². The molecule has 2 rings (SSSR count). The molecule has 9 heteroatoms. The second-order valence-corrected chi connectivity index (χ2v) is 6.68. The van der Waals surface area contributed by atoms with Crippen LogP contribution in [-0.4, -0.2) is 52.2 Å². The normalized spacial score (nSPS) is 10.6. The highest BCUT2D eigenvalue weighted by Crippen LogP contribution is 2.21. The molecular formula is C23H31IN4O4. The number of nitrogens with zero attached hydrogens (tertiary/aromatic N) is 1. The number of nitrogens with one attached hydrogen (secondary N) is 3. The monoisotopic (exact) mass is 554 g/mol. The zero-order valence-corrected chi connectivity index (χ0v) is 21.2. The van der Waals surface area contributed by atoms with Crippen molar-refractivity contribution in [2.75, 3.05) is 34.4 Å². The predicted octanol–water partition coefficient (Wildman–Crippen LogP) is 2.76. The maximum Gasteiger partial charge on any atom is 0.341 e. The van der Waals surface area contributed by atoms with Crippen molar-refractivity contribution in [2.45, 2.75) is 19.9 Å². The molecular weight excluding hydrogens is 523 g/mol. The number of hydrogen-bond donors (Lipinski definition) is 3. The van der Waals surface area contributed by atoms with E-state index in [0.717, 1.165) is 17.5 Å². The molecule has 0 heterocycles. The van der Waals surface area contributed by atoms with E-state index < -0.39 is 5.97 Å². The number of guanidine groups is 1. The minimum atomic E-state index is -0.452. The Morgan fingerprint density at radius 1 is 1.03 bits per heavy atom. The molecule has 1 amide bonds. The molecule has 0 aliphatic rings. The van der Waals surface area contributed by atoms with Gasteiger partial charge in [-0.1, -0.05) is 18.2 Å². The van der Waals surface area contributed by atoms with Crippen molar-refractivity contribution in [3.8, 4) is 5.75 Å². The Kier molecular flexibility index (Phi) is 12.1. The number of amides is 1. The highest BCUT2D eigenvalue weighted by Gasteiger charge is 2.13. The van der Waals surface area contributed by atoms with Crippen molar-refractivity contribution >= 4 is 41.8 Å². The van der Waals surface area contributed by atoms with E-state index in [1.54, 1.807) is 25.2 Å². The van der Waals surface area contributed by atoms with E-state index in [0.29, 0.717) is 42.5 Å². The van der Waals surface area contributed by atoms with Gasteiger partial charge in [0.25, 0.3) is 5.91 Å². The van der Waals surface area contributed by atoms with Crippen molar-refractivity contribution in [1.82, 2.24) is 16.0 Å². The second kappa shape index (κ2) is 14.3. The van der Waals surface area contributed by atoms with Crippen LogP contribution in [0.15, 0.2) is 47.5 Å². The largest absolute Gasteiger partial charge is 0.496 e. The van der Waals surface area contributed by atoms with Gasteiger partial charge in [0, 0.05) is 25.7 Å². The van der Waals surface area contributed by atoms with Crippen LogP contribution < -0.4 is 20.7 Å². The molecule has 0 fully saturated rings. The zero-order chi connectivity index (χ0) is 22.6. The van der Waals surface area contributed by atoms with Crippen LogP contribution in [-0.2, 0) is 17.7 Å². The van der Waals surface area contributed by atoms with Crippen LogP contribution in [0.3, 0.4) is 0 Å². The minimum Gasteiger partial charge on any atom is -0.496 e. The van der Waals surface area contributed by atoms with Crippen molar-refractivity contribution in [1.29, 1.82) is 0 Å². The molecule has 2 aromatic rings. The number of carbonyl (C=O) groups is 2. The van der Waals surface area contributed by atoms with E-state index >= 15 is 0 Å². The summed E-state index contributed by atoms with van der Waals surface area (Å²) >= 11 is 0. The van der Waals surface area contributed by atoms with Crippen molar-refractivity contribution in [3.05, 3.63) is 64.7 Å². The lowest BCUT2D eigenvalue weighted by atomic mass is 10.1. The Morgan fingerprint density at radius 2 is 1.81 bits per heavy atom. The number of halogens is 1. The van der Waals surface area contributed by atoms with Crippen LogP contribution in [0.25, 0.3) is 0 Å². The first kappa shape index (κ1) is 27.2. The molecule has 0 radical (unpaired) electrons. The SMILES string of the molecule is CCNC(=NCc1ccc(OC)c(C(=O)OC)c1)NCCc1cccc(C(=O)NC)c1.I. The fourth-order valence-corrected chi connectivity index (χ4v) is 2.97.